The summed E-state index contributed by atoms with van der Waals surface area (Å²) in [6.07, 6.45) is 26.0. The molecule has 0 aliphatic heterocycles. The molecule has 0 aromatic heterocycles. The zero-order chi connectivity index (χ0) is 19.8. The Balaban J connectivity index is 1.51. The molecule has 0 bridgehead atoms. The van der Waals surface area contributed by atoms with Crippen molar-refractivity contribution in [3.05, 3.63) is 0 Å². The van der Waals surface area contributed by atoms with E-state index in [2.05, 4.69) is 0 Å². The van der Waals surface area contributed by atoms with Crippen LogP contribution >= 0.6 is 0 Å². The van der Waals surface area contributed by atoms with Gasteiger partial charge in [0.25, 0.3) is 0 Å². The fourth-order valence-electron chi connectivity index (χ4n) is 5.72. The maximum atomic E-state index is 6.91. The van der Waals surface area contributed by atoms with E-state index in [1.807, 2.05) is 0 Å². The van der Waals surface area contributed by atoms with E-state index in [0.29, 0.717) is 24.4 Å². The molecule has 4 rings (SSSR count). The maximum absolute atomic E-state index is 6.91. The number of hydrogen-bond donors (Lipinski definition) is 0. The zero-order valence-corrected chi connectivity index (χ0v) is 20.1. The predicted molar refractivity (Wildman–Crippen MR) is 112 cm³/mol. The van der Waals surface area contributed by atoms with Gasteiger partial charge in [0.05, 0.1) is 0 Å². The van der Waals surface area contributed by atoms with Crippen molar-refractivity contribution in [2.24, 2.45) is 0 Å². The third-order valence-electron chi connectivity index (χ3n) is 7.45. The molecule has 0 radical (unpaired) electrons. The molecule has 0 spiro atoms. The summed E-state index contributed by atoms with van der Waals surface area (Å²) in [5, 5.41) is 0. The number of rotatable bonds is 8. The van der Waals surface area contributed by atoms with Gasteiger partial charge in [0.1, 0.15) is 0 Å². The van der Waals surface area contributed by atoms with Crippen molar-refractivity contribution in [1.82, 2.24) is 0 Å². The first kappa shape index (κ1) is 22.7. The third-order valence-corrected chi connectivity index (χ3v) is 11.3. The van der Waals surface area contributed by atoms with E-state index < -0.39 is 18.1 Å². The molecule has 0 saturated heterocycles. The Morgan fingerprint density at radius 1 is 0.310 bits per heavy atom. The summed E-state index contributed by atoms with van der Waals surface area (Å²) in [5.41, 5.74) is 0. The van der Waals surface area contributed by atoms with Gasteiger partial charge in [-0.25, -0.2) is 0 Å². The molecular weight excluding hydrogens is 400 g/mol. The molecule has 0 N–H and O–H groups in total. The Hall–Kier alpha value is 0.554. The van der Waals surface area contributed by atoms with Gasteiger partial charge in [-0.15, -0.1) is 0 Å². The van der Waals surface area contributed by atoms with Crippen LogP contribution in [0.2, 0.25) is 0 Å². The molecule has 168 valence electrons. The first-order valence-electron chi connectivity index (χ1n) is 13.0. The minimum atomic E-state index is -3.80. The van der Waals surface area contributed by atoms with E-state index in [4.69, 9.17) is 13.3 Å². The monoisotopic (exact) mass is 444 g/mol. The molecule has 5 heteroatoms. The SMILES string of the molecule is C1CCC([O][Ti]([O]C2CCCCC2)([O]C2CCCCC2)[O]C2CCCCC2)CC1. The second kappa shape index (κ2) is 12.0. The van der Waals surface area contributed by atoms with Gasteiger partial charge in [0, 0.05) is 0 Å². The summed E-state index contributed by atoms with van der Waals surface area (Å²) in [6, 6.07) is 0. The molecule has 0 unspecified atom stereocenters. The van der Waals surface area contributed by atoms with E-state index in [-0.39, 0.29) is 0 Å². The average Bonchev–Trinajstić information content (AvgIpc) is 2.76. The number of hydrogen-bond acceptors (Lipinski definition) is 4. The minimum absolute atomic E-state index is 0.291. The van der Waals surface area contributed by atoms with Gasteiger partial charge in [-0.05, 0) is 0 Å². The van der Waals surface area contributed by atoms with E-state index in [0.717, 1.165) is 51.4 Å². The topological polar surface area (TPSA) is 36.9 Å². The molecule has 4 saturated carbocycles. The summed E-state index contributed by atoms with van der Waals surface area (Å²) >= 11 is -3.80. The fraction of sp³-hybridized carbons (Fsp3) is 1.00. The van der Waals surface area contributed by atoms with E-state index in [1.165, 1.54) is 77.0 Å². The molecule has 0 heterocycles. The Morgan fingerprint density at radius 2 is 0.517 bits per heavy atom. The summed E-state index contributed by atoms with van der Waals surface area (Å²) in [6.45, 7) is 0. The van der Waals surface area contributed by atoms with Gasteiger partial charge in [-0.3, -0.25) is 0 Å². The molecule has 0 amide bonds. The van der Waals surface area contributed by atoms with Gasteiger partial charge < -0.3 is 0 Å². The fourth-order valence-corrected chi connectivity index (χ4v) is 10.3. The normalized spacial score (nSPS) is 27.3. The first-order valence-corrected chi connectivity index (χ1v) is 15.6. The van der Waals surface area contributed by atoms with Crippen molar-refractivity contribution >= 4 is 0 Å². The molecule has 4 aliphatic rings. The average molecular weight is 444 g/mol. The standard InChI is InChI=1S/4C6H11O.Ti/c4*7-6-4-2-1-3-5-6;/h4*6H,1-5H2;/q4*-1;+4. The molecular formula is C24H44O4Ti. The van der Waals surface area contributed by atoms with Crippen LogP contribution in [0, 0.1) is 0 Å². The molecule has 4 fully saturated rings. The van der Waals surface area contributed by atoms with E-state index in [9.17, 15) is 0 Å². The van der Waals surface area contributed by atoms with Crippen molar-refractivity contribution in [2.75, 3.05) is 0 Å². The predicted octanol–water partition coefficient (Wildman–Crippen LogP) is 7.20. The first-order chi connectivity index (χ1) is 14.3. The van der Waals surface area contributed by atoms with Crippen molar-refractivity contribution in [1.29, 1.82) is 0 Å². The van der Waals surface area contributed by atoms with E-state index in [1.54, 1.807) is 0 Å². The zero-order valence-electron chi connectivity index (χ0n) is 18.6. The van der Waals surface area contributed by atoms with Crippen LogP contribution in [0.15, 0.2) is 0 Å². The van der Waals surface area contributed by atoms with Gasteiger partial charge in [-0.2, -0.15) is 0 Å². The Labute approximate surface area is 184 Å². The second-order valence-corrected chi connectivity index (χ2v) is 13.0. The van der Waals surface area contributed by atoms with Gasteiger partial charge >= 0.3 is 184 Å². The van der Waals surface area contributed by atoms with Crippen LogP contribution in [0.5, 0.6) is 0 Å². The molecule has 0 aromatic rings. The van der Waals surface area contributed by atoms with Crippen LogP contribution in [0.1, 0.15) is 128 Å². The van der Waals surface area contributed by atoms with Gasteiger partial charge in [0.2, 0.25) is 0 Å². The molecule has 0 aromatic carbocycles. The second-order valence-electron chi connectivity index (χ2n) is 10.0. The summed E-state index contributed by atoms with van der Waals surface area (Å²) in [7, 11) is 0. The van der Waals surface area contributed by atoms with Gasteiger partial charge in [-0.1, -0.05) is 0 Å². The van der Waals surface area contributed by atoms with Crippen LogP contribution in [-0.2, 0) is 31.4 Å². The van der Waals surface area contributed by atoms with Crippen molar-refractivity contribution in [3.8, 4) is 0 Å². The summed E-state index contributed by atoms with van der Waals surface area (Å²) in [4.78, 5) is 0. The van der Waals surface area contributed by atoms with Crippen LogP contribution < -0.4 is 0 Å². The van der Waals surface area contributed by atoms with E-state index >= 15 is 0 Å². The third kappa shape index (κ3) is 7.29. The van der Waals surface area contributed by atoms with Crippen LogP contribution in [0.25, 0.3) is 0 Å². The van der Waals surface area contributed by atoms with Crippen molar-refractivity contribution < 1.29 is 31.4 Å². The Morgan fingerprint density at radius 3 is 0.724 bits per heavy atom. The van der Waals surface area contributed by atoms with Gasteiger partial charge in [0.15, 0.2) is 0 Å². The molecule has 29 heavy (non-hydrogen) atoms. The molecule has 0 atom stereocenters. The van der Waals surface area contributed by atoms with Crippen molar-refractivity contribution in [2.45, 2.75) is 153 Å². The van der Waals surface area contributed by atoms with Crippen LogP contribution in [0.3, 0.4) is 0 Å². The summed E-state index contributed by atoms with van der Waals surface area (Å²) in [5.74, 6) is 0. The summed E-state index contributed by atoms with van der Waals surface area (Å²) < 4.78 is 27.6. The van der Waals surface area contributed by atoms with Crippen LogP contribution in [-0.4, -0.2) is 24.4 Å². The van der Waals surface area contributed by atoms with Crippen LogP contribution in [0.4, 0.5) is 0 Å². The molecule has 4 nitrogen and oxygen atoms in total. The Kier molecular flexibility index (Phi) is 9.39. The quantitative estimate of drug-likeness (QED) is 0.371. The van der Waals surface area contributed by atoms with Crippen molar-refractivity contribution in [3.63, 3.8) is 0 Å². The molecule has 4 aliphatic carbocycles. The Bertz CT molecular complexity index is 364.